The van der Waals surface area contributed by atoms with Crippen LogP contribution in [0.15, 0.2) is 55.1 Å². The Balaban J connectivity index is 1.80. The molecule has 0 aliphatic heterocycles. The van der Waals surface area contributed by atoms with Crippen LogP contribution in [0.4, 0.5) is 5.82 Å². The quantitative estimate of drug-likeness (QED) is 0.567. The van der Waals surface area contributed by atoms with E-state index in [1.807, 2.05) is 31.2 Å². The summed E-state index contributed by atoms with van der Waals surface area (Å²) in [6.45, 7) is 2.59. The van der Waals surface area contributed by atoms with Crippen LogP contribution in [0.5, 0.6) is 0 Å². The monoisotopic (exact) mass is 489 g/mol. The van der Waals surface area contributed by atoms with Crippen molar-refractivity contribution in [2.24, 2.45) is 0 Å². The standard InChI is InChI=1S/C15H13Br2N3O2S2/c1-10-2-4-11(5-3-10)8-20-9-12(16)15(18-20)19-24(21,22)14-7-6-13(17)23-14/h2-7,9H,8H2,1H3,(H,18,19). The highest BCUT2D eigenvalue weighted by Crippen LogP contribution is 2.29. The van der Waals surface area contributed by atoms with Gasteiger partial charge >= 0.3 is 0 Å². The molecule has 1 aromatic carbocycles. The summed E-state index contributed by atoms with van der Waals surface area (Å²) in [5, 5.41) is 4.32. The molecule has 2 heterocycles. The molecule has 0 saturated carbocycles. The summed E-state index contributed by atoms with van der Waals surface area (Å²) < 4.78 is 30.5. The number of nitrogens with zero attached hydrogens (tertiary/aromatic N) is 2. The summed E-state index contributed by atoms with van der Waals surface area (Å²) in [4.78, 5) is 0. The number of hydrogen-bond acceptors (Lipinski definition) is 4. The number of hydrogen-bond donors (Lipinski definition) is 1. The van der Waals surface area contributed by atoms with Crippen molar-refractivity contribution in [1.82, 2.24) is 9.78 Å². The molecule has 126 valence electrons. The second-order valence-corrected chi connectivity index (χ2v) is 10.4. The average molecular weight is 491 g/mol. The molecular weight excluding hydrogens is 478 g/mol. The Bertz CT molecular complexity index is 963. The molecule has 0 atom stereocenters. The predicted octanol–water partition coefficient (Wildman–Crippen LogP) is 4.63. The average Bonchev–Trinajstić information content (AvgIpc) is 3.08. The molecule has 24 heavy (non-hydrogen) atoms. The van der Waals surface area contributed by atoms with Gasteiger partial charge in [0.2, 0.25) is 0 Å². The molecule has 0 amide bonds. The first-order valence-corrected chi connectivity index (χ1v) is 10.8. The Morgan fingerprint density at radius 1 is 1.17 bits per heavy atom. The third-order valence-corrected chi connectivity index (χ3v) is 7.26. The second-order valence-electron chi connectivity index (χ2n) is 5.17. The summed E-state index contributed by atoms with van der Waals surface area (Å²) in [6.07, 6.45) is 1.75. The van der Waals surface area contributed by atoms with Gasteiger partial charge < -0.3 is 0 Å². The van der Waals surface area contributed by atoms with Crippen LogP contribution in [0.25, 0.3) is 0 Å². The van der Waals surface area contributed by atoms with E-state index in [1.54, 1.807) is 23.0 Å². The molecule has 0 aliphatic rings. The first-order chi connectivity index (χ1) is 11.3. The molecule has 5 nitrogen and oxygen atoms in total. The van der Waals surface area contributed by atoms with Crippen LogP contribution < -0.4 is 4.72 Å². The zero-order valence-corrected chi connectivity index (χ0v) is 17.3. The minimum Gasteiger partial charge on any atom is -0.265 e. The number of sulfonamides is 1. The Hall–Kier alpha value is -1.16. The molecule has 0 aliphatic carbocycles. The Morgan fingerprint density at radius 2 is 1.88 bits per heavy atom. The highest BCUT2D eigenvalue weighted by Gasteiger charge is 2.20. The van der Waals surface area contributed by atoms with Crippen LogP contribution in [0.1, 0.15) is 11.1 Å². The first-order valence-electron chi connectivity index (χ1n) is 6.90. The Labute approximate surface area is 161 Å². The number of halogens is 2. The van der Waals surface area contributed by atoms with Crippen molar-refractivity contribution in [3.63, 3.8) is 0 Å². The van der Waals surface area contributed by atoms with Crippen LogP contribution >= 0.6 is 43.2 Å². The lowest BCUT2D eigenvalue weighted by Gasteiger charge is -2.04. The summed E-state index contributed by atoms with van der Waals surface area (Å²) in [7, 11) is -3.65. The fourth-order valence-corrected chi connectivity index (χ4v) is 5.62. The van der Waals surface area contributed by atoms with Gasteiger partial charge in [-0.2, -0.15) is 5.10 Å². The largest absolute Gasteiger partial charge is 0.272 e. The molecule has 0 unspecified atom stereocenters. The Kier molecular flexibility index (Phi) is 5.14. The predicted molar refractivity (Wildman–Crippen MR) is 103 cm³/mol. The van der Waals surface area contributed by atoms with Crippen molar-refractivity contribution in [2.75, 3.05) is 4.72 Å². The summed E-state index contributed by atoms with van der Waals surface area (Å²) in [6, 6.07) is 11.4. The van der Waals surface area contributed by atoms with Gasteiger partial charge in [-0.25, -0.2) is 8.42 Å². The van der Waals surface area contributed by atoms with Crippen LogP contribution in [0.3, 0.4) is 0 Å². The number of anilines is 1. The van der Waals surface area contributed by atoms with Gasteiger partial charge in [0.15, 0.2) is 5.82 Å². The van der Waals surface area contributed by atoms with E-state index >= 15 is 0 Å². The second kappa shape index (κ2) is 6.99. The van der Waals surface area contributed by atoms with Crippen LogP contribution in [0, 0.1) is 6.92 Å². The van der Waals surface area contributed by atoms with Gasteiger partial charge in [0.05, 0.1) is 14.8 Å². The van der Waals surface area contributed by atoms with Gasteiger partial charge in [-0.3, -0.25) is 9.40 Å². The van der Waals surface area contributed by atoms with Gasteiger partial charge in [0.25, 0.3) is 10.0 Å². The van der Waals surface area contributed by atoms with Crippen molar-refractivity contribution in [2.45, 2.75) is 17.7 Å². The molecule has 2 aromatic heterocycles. The molecule has 3 rings (SSSR count). The molecule has 0 fully saturated rings. The van der Waals surface area contributed by atoms with Crippen molar-refractivity contribution in [3.8, 4) is 0 Å². The molecule has 0 bridgehead atoms. The van der Waals surface area contributed by atoms with E-state index in [2.05, 4.69) is 41.7 Å². The minimum absolute atomic E-state index is 0.231. The van der Waals surface area contributed by atoms with Crippen molar-refractivity contribution in [1.29, 1.82) is 0 Å². The van der Waals surface area contributed by atoms with Crippen LogP contribution in [0.2, 0.25) is 0 Å². The normalized spacial score (nSPS) is 11.6. The van der Waals surface area contributed by atoms with Gasteiger partial charge in [-0.05, 0) is 56.5 Å². The van der Waals surface area contributed by atoms with Gasteiger partial charge in [0.1, 0.15) is 4.21 Å². The third kappa shape index (κ3) is 4.08. The number of nitrogens with one attached hydrogen (secondary N) is 1. The first kappa shape index (κ1) is 17.7. The molecule has 1 N–H and O–H groups in total. The van der Waals surface area contributed by atoms with E-state index in [0.717, 1.165) is 20.7 Å². The van der Waals surface area contributed by atoms with E-state index in [-0.39, 0.29) is 10.0 Å². The van der Waals surface area contributed by atoms with E-state index in [9.17, 15) is 8.42 Å². The van der Waals surface area contributed by atoms with Crippen molar-refractivity contribution >= 4 is 59.0 Å². The highest BCUT2D eigenvalue weighted by molar-refractivity contribution is 9.11. The topological polar surface area (TPSA) is 64.0 Å². The molecule has 0 radical (unpaired) electrons. The van der Waals surface area contributed by atoms with Crippen molar-refractivity contribution in [3.05, 3.63) is 62.0 Å². The maximum Gasteiger partial charge on any atom is 0.272 e. The number of thiophene rings is 1. The van der Waals surface area contributed by atoms with E-state index < -0.39 is 10.0 Å². The lowest BCUT2D eigenvalue weighted by atomic mass is 10.1. The lowest BCUT2D eigenvalue weighted by Crippen LogP contribution is -2.12. The lowest BCUT2D eigenvalue weighted by molar-refractivity contribution is 0.602. The van der Waals surface area contributed by atoms with Crippen LogP contribution in [-0.2, 0) is 16.6 Å². The maximum atomic E-state index is 12.4. The minimum atomic E-state index is -3.65. The summed E-state index contributed by atoms with van der Waals surface area (Å²) in [5.41, 5.74) is 2.28. The summed E-state index contributed by atoms with van der Waals surface area (Å²) >= 11 is 7.77. The van der Waals surface area contributed by atoms with Gasteiger partial charge in [-0.1, -0.05) is 29.8 Å². The number of rotatable bonds is 5. The van der Waals surface area contributed by atoms with E-state index in [0.29, 0.717) is 11.0 Å². The maximum absolute atomic E-state index is 12.4. The summed E-state index contributed by atoms with van der Waals surface area (Å²) in [5.74, 6) is 0.270. The number of benzene rings is 1. The molecule has 3 aromatic rings. The van der Waals surface area contributed by atoms with Crippen molar-refractivity contribution < 1.29 is 8.42 Å². The highest BCUT2D eigenvalue weighted by atomic mass is 79.9. The molecule has 9 heteroatoms. The fraction of sp³-hybridized carbons (Fsp3) is 0.133. The molecule has 0 saturated heterocycles. The van der Waals surface area contributed by atoms with Crippen LogP contribution in [-0.4, -0.2) is 18.2 Å². The van der Waals surface area contributed by atoms with Gasteiger partial charge in [-0.15, -0.1) is 11.3 Å². The fourth-order valence-electron chi connectivity index (χ4n) is 2.05. The van der Waals surface area contributed by atoms with E-state index in [1.165, 1.54) is 5.56 Å². The third-order valence-electron chi connectivity index (χ3n) is 3.23. The zero-order chi connectivity index (χ0) is 17.3. The smallest absolute Gasteiger partial charge is 0.265 e. The zero-order valence-electron chi connectivity index (χ0n) is 12.5. The number of aromatic nitrogens is 2. The number of aryl methyl sites for hydroxylation is 1. The van der Waals surface area contributed by atoms with E-state index in [4.69, 9.17) is 0 Å². The molecular formula is C15H13Br2N3O2S2. The SMILES string of the molecule is Cc1ccc(Cn2cc(Br)c(NS(=O)(=O)c3ccc(Br)s3)n2)cc1. The van der Waals surface area contributed by atoms with Gasteiger partial charge in [0, 0.05) is 6.20 Å². The Morgan fingerprint density at radius 3 is 2.50 bits per heavy atom. The molecule has 0 spiro atoms.